The summed E-state index contributed by atoms with van der Waals surface area (Å²) in [5, 5.41) is 1.20. The van der Waals surface area contributed by atoms with Crippen molar-refractivity contribution >= 4 is 11.8 Å². The summed E-state index contributed by atoms with van der Waals surface area (Å²) in [5.74, 6) is -0.324. The van der Waals surface area contributed by atoms with Gasteiger partial charge in [-0.15, -0.1) is 0 Å². The van der Waals surface area contributed by atoms with E-state index in [1.165, 1.54) is 12.2 Å². The average molecular weight is 256 g/mol. The lowest BCUT2D eigenvalue weighted by molar-refractivity contribution is -0.173. The molecule has 0 bridgehead atoms. The van der Waals surface area contributed by atoms with E-state index >= 15 is 0 Å². The molecule has 2 aliphatic rings. The van der Waals surface area contributed by atoms with Crippen LogP contribution >= 0.6 is 0 Å². The summed E-state index contributed by atoms with van der Waals surface area (Å²) in [7, 11) is 3.02. The third-order valence-electron chi connectivity index (χ3n) is 3.72. The monoisotopic (exact) mass is 256 g/mol. The third-order valence-corrected chi connectivity index (χ3v) is 3.72. The van der Waals surface area contributed by atoms with E-state index in [0.29, 0.717) is 26.2 Å². The van der Waals surface area contributed by atoms with E-state index in [1.54, 1.807) is 7.05 Å². The van der Waals surface area contributed by atoms with Crippen LogP contribution in [0.3, 0.4) is 0 Å². The van der Waals surface area contributed by atoms with Crippen molar-refractivity contribution in [2.24, 2.45) is 5.92 Å². The number of likely N-dealkylation sites (tertiary alicyclic amines) is 1. The standard InChI is InChI=1S/C12H20N2O4/c1-13(17-2)12(16)9-7-11(15)14(8-9)10-3-5-18-6-4-10/h9-10H,3-8H2,1-2H3. The predicted octanol–water partition coefficient (Wildman–Crippen LogP) is 0.0337. The first-order valence-corrected chi connectivity index (χ1v) is 6.32. The van der Waals surface area contributed by atoms with Crippen molar-refractivity contribution < 1.29 is 19.2 Å². The quantitative estimate of drug-likeness (QED) is 0.669. The minimum Gasteiger partial charge on any atom is -0.381 e. The van der Waals surface area contributed by atoms with Gasteiger partial charge in [-0.3, -0.25) is 14.4 Å². The SMILES string of the molecule is CON(C)C(=O)C1CC(=O)N(C2CCOCC2)C1. The van der Waals surface area contributed by atoms with Crippen molar-refractivity contribution in [2.75, 3.05) is 33.9 Å². The van der Waals surface area contributed by atoms with Gasteiger partial charge in [-0.1, -0.05) is 0 Å². The number of rotatable bonds is 3. The molecule has 0 saturated carbocycles. The Labute approximate surface area is 107 Å². The Kier molecular flexibility index (Phi) is 4.19. The molecule has 0 aromatic heterocycles. The number of carbonyl (C=O) groups excluding carboxylic acids is 2. The summed E-state index contributed by atoms with van der Waals surface area (Å²) in [6.45, 7) is 1.91. The van der Waals surface area contributed by atoms with Gasteiger partial charge >= 0.3 is 0 Å². The zero-order valence-corrected chi connectivity index (χ0v) is 10.9. The number of ether oxygens (including phenoxy) is 1. The van der Waals surface area contributed by atoms with E-state index in [2.05, 4.69) is 0 Å². The summed E-state index contributed by atoms with van der Waals surface area (Å²) in [6.07, 6.45) is 2.03. The van der Waals surface area contributed by atoms with Crippen LogP contribution < -0.4 is 0 Å². The lowest BCUT2D eigenvalue weighted by Gasteiger charge is -2.31. The van der Waals surface area contributed by atoms with Gasteiger partial charge in [0.1, 0.15) is 0 Å². The summed E-state index contributed by atoms with van der Waals surface area (Å²) < 4.78 is 5.29. The summed E-state index contributed by atoms with van der Waals surface area (Å²) in [5.41, 5.74) is 0. The van der Waals surface area contributed by atoms with Crippen LogP contribution in [0.2, 0.25) is 0 Å². The highest BCUT2D eigenvalue weighted by Gasteiger charge is 2.39. The molecule has 0 spiro atoms. The van der Waals surface area contributed by atoms with Gasteiger partial charge in [0, 0.05) is 39.3 Å². The van der Waals surface area contributed by atoms with Crippen LogP contribution in [0.15, 0.2) is 0 Å². The van der Waals surface area contributed by atoms with Gasteiger partial charge in [-0.2, -0.15) is 0 Å². The zero-order valence-electron chi connectivity index (χ0n) is 10.9. The maximum atomic E-state index is 12.0. The average Bonchev–Trinajstić information content (AvgIpc) is 2.80. The summed E-state index contributed by atoms with van der Waals surface area (Å²) >= 11 is 0. The second-order valence-corrected chi connectivity index (χ2v) is 4.81. The van der Waals surface area contributed by atoms with Crippen LogP contribution in [0.1, 0.15) is 19.3 Å². The van der Waals surface area contributed by atoms with Crippen LogP contribution in [0, 0.1) is 5.92 Å². The van der Waals surface area contributed by atoms with Gasteiger partial charge in [-0.25, -0.2) is 5.06 Å². The highest BCUT2D eigenvalue weighted by atomic mass is 16.7. The van der Waals surface area contributed by atoms with Crippen LogP contribution in [-0.4, -0.2) is 61.7 Å². The third kappa shape index (κ3) is 2.64. The molecule has 18 heavy (non-hydrogen) atoms. The highest BCUT2D eigenvalue weighted by molar-refractivity contribution is 5.88. The van der Waals surface area contributed by atoms with E-state index in [-0.39, 0.29) is 23.8 Å². The summed E-state index contributed by atoms with van der Waals surface area (Å²) in [4.78, 5) is 30.6. The fraction of sp³-hybridized carbons (Fsp3) is 0.833. The lowest BCUT2D eigenvalue weighted by Crippen LogP contribution is -2.41. The number of amides is 2. The van der Waals surface area contributed by atoms with Crippen LogP contribution in [0.25, 0.3) is 0 Å². The van der Waals surface area contributed by atoms with Crippen molar-refractivity contribution in [3.05, 3.63) is 0 Å². The fourth-order valence-electron chi connectivity index (χ4n) is 2.59. The minimum absolute atomic E-state index is 0.0738. The zero-order chi connectivity index (χ0) is 13.1. The predicted molar refractivity (Wildman–Crippen MR) is 63.4 cm³/mol. The van der Waals surface area contributed by atoms with E-state index in [4.69, 9.17) is 9.57 Å². The molecule has 0 aliphatic carbocycles. The van der Waals surface area contributed by atoms with E-state index < -0.39 is 0 Å². The number of hydrogen-bond donors (Lipinski definition) is 0. The molecular weight excluding hydrogens is 236 g/mol. The van der Waals surface area contributed by atoms with Crippen LogP contribution in [0.5, 0.6) is 0 Å². The van der Waals surface area contributed by atoms with Crippen LogP contribution in [-0.2, 0) is 19.2 Å². The Morgan fingerprint density at radius 2 is 2.11 bits per heavy atom. The molecule has 6 heteroatoms. The topological polar surface area (TPSA) is 59.1 Å². The van der Waals surface area contributed by atoms with Gasteiger partial charge in [0.05, 0.1) is 13.0 Å². The highest BCUT2D eigenvalue weighted by Crippen LogP contribution is 2.25. The molecule has 0 N–H and O–H groups in total. The smallest absolute Gasteiger partial charge is 0.251 e. The van der Waals surface area contributed by atoms with Crippen molar-refractivity contribution in [2.45, 2.75) is 25.3 Å². The molecule has 2 fully saturated rings. The van der Waals surface area contributed by atoms with Gasteiger partial charge < -0.3 is 9.64 Å². The van der Waals surface area contributed by atoms with Crippen molar-refractivity contribution in [3.63, 3.8) is 0 Å². The van der Waals surface area contributed by atoms with Crippen LogP contribution in [0.4, 0.5) is 0 Å². The van der Waals surface area contributed by atoms with Gasteiger partial charge in [0.2, 0.25) is 5.91 Å². The van der Waals surface area contributed by atoms with Crippen molar-refractivity contribution in [1.82, 2.24) is 9.96 Å². The Bertz CT molecular complexity index is 328. The molecule has 0 aromatic carbocycles. The number of carbonyl (C=O) groups is 2. The molecule has 0 aromatic rings. The molecule has 6 nitrogen and oxygen atoms in total. The molecule has 2 saturated heterocycles. The maximum Gasteiger partial charge on any atom is 0.251 e. The molecule has 102 valence electrons. The Balaban J connectivity index is 1.95. The first kappa shape index (κ1) is 13.3. The van der Waals surface area contributed by atoms with Crippen molar-refractivity contribution in [3.8, 4) is 0 Å². The number of hydrogen-bond acceptors (Lipinski definition) is 4. The van der Waals surface area contributed by atoms with E-state index in [9.17, 15) is 9.59 Å². The minimum atomic E-state index is -0.273. The Hall–Kier alpha value is -1.14. The Morgan fingerprint density at radius 1 is 1.44 bits per heavy atom. The fourth-order valence-corrected chi connectivity index (χ4v) is 2.59. The molecule has 2 rings (SSSR count). The van der Waals surface area contributed by atoms with E-state index in [1.807, 2.05) is 4.90 Å². The van der Waals surface area contributed by atoms with Gasteiger partial charge in [-0.05, 0) is 12.8 Å². The molecule has 0 radical (unpaired) electrons. The molecule has 1 atom stereocenters. The molecule has 2 aliphatic heterocycles. The van der Waals surface area contributed by atoms with E-state index in [0.717, 1.165) is 12.8 Å². The molecule has 2 heterocycles. The van der Waals surface area contributed by atoms with Gasteiger partial charge in [0.25, 0.3) is 5.91 Å². The first-order chi connectivity index (χ1) is 8.63. The lowest BCUT2D eigenvalue weighted by atomic mass is 10.1. The molecular formula is C12H20N2O4. The summed E-state index contributed by atoms with van der Waals surface area (Å²) in [6, 6.07) is 0.233. The Morgan fingerprint density at radius 3 is 2.72 bits per heavy atom. The number of nitrogens with zero attached hydrogens (tertiary/aromatic N) is 2. The maximum absolute atomic E-state index is 12.0. The van der Waals surface area contributed by atoms with Crippen molar-refractivity contribution in [1.29, 1.82) is 0 Å². The largest absolute Gasteiger partial charge is 0.381 e. The second kappa shape index (κ2) is 5.67. The molecule has 2 amide bonds. The number of hydroxylamine groups is 2. The first-order valence-electron chi connectivity index (χ1n) is 6.32. The van der Waals surface area contributed by atoms with Gasteiger partial charge in [0.15, 0.2) is 0 Å². The molecule has 1 unspecified atom stereocenters. The second-order valence-electron chi connectivity index (χ2n) is 4.81. The normalized spacial score (nSPS) is 25.6.